The van der Waals surface area contributed by atoms with Gasteiger partial charge in [0.15, 0.2) is 11.5 Å². The molecule has 1 heterocycles. The molecule has 0 fully saturated rings. The molecule has 0 bridgehead atoms. The first-order valence-corrected chi connectivity index (χ1v) is 9.58. The molecule has 5 rings (SSSR count). The van der Waals surface area contributed by atoms with Crippen LogP contribution in [0.1, 0.15) is 5.56 Å². The number of fused-ring (bicyclic) bond motifs is 5. The highest BCUT2D eigenvalue weighted by Gasteiger charge is 2.30. The maximum Gasteiger partial charge on any atom is 0.416 e. The summed E-state index contributed by atoms with van der Waals surface area (Å²) in [4.78, 5) is 0. The van der Waals surface area contributed by atoms with Crippen molar-refractivity contribution in [2.75, 3.05) is 14.2 Å². The Morgan fingerprint density at radius 1 is 0.774 bits per heavy atom. The minimum atomic E-state index is -4.39. The van der Waals surface area contributed by atoms with Gasteiger partial charge in [0.1, 0.15) is 11.2 Å². The van der Waals surface area contributed by atoms with E-state index in [4.69, 9.17) is 13.9 Å². The molecular formula is C25H17F3O3. The number of ether oxygens (including phenoxy) is 2. The quantitative estimate of drug-likeness (QED) is 0.303. The topological polar surface area (TPSA) is 31.6 Å². The molecule has 31 heavy (non-hydrogen) atoms. The lowest BCUT2D eigenvalue weighted by Crippen LogP contribution is -2.03. The van der Waals surface area contributed by atoms with Crippen LogP contribution < -0.4 is 9.47 Å². The molecule has 6 heteroatoms. The van der Waals surface area contributed by atoms with E-state index < -0.39 is 11.7 Å². The SMILES string of the molecule is COc1cc2oc3c(-c4ccc(C(F)(F)F)cc4)cc4ccccc4c3c2cc1OC. The van der Waals surface area contributed by atoms with Crippen LogP contribution in [-0.4, -0.2) is 14.2 Å². The van der Waals surface area contributed by atoms with E-state index in [1.807, 2.05) is 36.4 Å². The van der Waals surface area contributed by atoms with Crippen LogP contribution >= 0.6 is 0 Å². The fraction of sp³-hybridized carbons (Fsp3) is 0.120. The molecule has 0 amide bonds. The Morgan fingerprint density at radius 2 is 1.45 bits per heavy atom. The van der Waals surface area contributed by atoms with Crippen molar-refractivity contribution < 1.29 is 27.1 Å². The van der Waals surface area contributed by atoms with Crippen LogP contribution in [0.25, 0.3) is 43.8 Å². The van der Waals surface area contributed by atoms with Crippen LogP contribution in [-0.2, 0) is 6.18 Å². The molecule has 1 aromatic heterocycles. The van der Waals surface area contributed by atoms with Crippen LogP contribution in [0.4, 0.5) is 13.2 Å². The summed E-state index contributed by atoms with van der Waals surface area (Å²) in [7, 11) is 3.12. The monoisotopic (exact) mass is 422 g/mol. The van der Waals surface area contributed by atoms with Crippen LogP contribution in [0.15, 0.2) is 71.1 Å². The Morgan fingerprint density at radius 3 is 2.13 bits per heavy atom. The Bertz CT molecular complexity index is 1430. The van der Waals surface area contributed by atoms with Gasteiger partial charge in [0.05, 0.1) is 19.8 Å². The van der Waals surface area contributed by atoms with Gasteiger partial charge in [-0.05, 0) is 40.6 Å². The molecular weight excluding hydrogens is 405 g/mol. The highest BCUT2D eigenvalue weighted by Crippen LogP contribution is 2.44. The predicted molar refractivity (Wildman–Crippen MR) is 115 cm³/mol. The Kier molecular flexibility index (Phi) is 4.32. The lowest BCUT2D eigenvalue weighted by atomic mass is 9.96. The van der Waals surface area contributed by atoms with E-state index in [0.717, 1.165) is 39.2 Å². The van der Waals surface area contributed by atoms with Gasteiger partial charge in [-0.15, -0.1) is 0 Å². The van der Waals surface area contributed by atoms with Crippen molar-refractivity contribution >= 4 is 32.7 Å². The first-order chi connectivity index (χ1) is 14.9. The van der Waals surface area contributed by atoms with Crippen LogP contribution in [0.5, 0.6) is 11.5 Å². The number of benzene rings is 4. The Labute approximate surface area is 175 Å². The van der Waals surface area contributed by atoms with E-state index in [-0.39, 0.29) is 0 Å². The third-order valence-corrected chi connectivity index (χ3v) is 5.49. The highest BCUT2D eigenvalue weighted by molar-refractivity contribution is 6.22. The summed E-state index contributed by atoms with van der Waals surface area (Å²) in [6.07, 6.45) is -4.39. The number of alkyl halides is 3. The van der Waals surface area contributed by atoms with E-state index >= 15 is 0 Å². The zero-order valence-electron chi connectivity index (χ0n) is 16.7. The number of hydrogen-bond donors (Lipinski definition) is 0. The first kappa shape index (κ1) is 19.3. The van der Waals surface area contributed by atoms with Crippen molar-refractivity contribution in [2.24, 2.45) is 0 Å². The lowest BCUT2D eigenvalue weighted by molar-refractivity contribution is -0.137. The summed E-state index contributed by atoms with van der Waals surface area (Å²) in [6.45, 7) is 0. The third kappa shape index (κ3) is 3.06. The maximum absolute atomic E-state index is 13.0. The maximum atomic E-state index is 13.0. The molecule has 0 spiro atoms. The van der Waals surface area contributed by atoms with E-state index in [1.54, 1.807) is 20.3 Å². The van der Waals surface area contributed by atoms with Crippen molar-refractivity contribution in [3.63, 3.8) is 0 Å². The normalized spacial score (nSPS) is 12.0. The smallest absolute Gasteiger partial charge is 0.416 e. The fourth-order valence-electron chi connectivity index (χ4n) is 4.01. The van der Waals surface area contributed by atoms with Crippen LogP contribution in [0.3, 0.4) is 0 Å². The third-order valence-electron chi connectivity index (χ3n) is 5.49. The number of halogens is 3. The zero-order valence-corrected chi connectivity index (χ0v) is 16.7. The average Bonchev–Trinajstić information content (AvgIpc) is 3.15. The zero-order chi connectivity index (χ0) is 21.8. The molecule has 156 valence electrons. The molecule has 0 saturated carbocycles. The van der Waals surface area contributed by atoms with E-state index in [9.17, 15) is 13.2 Å². The molecule has 0 radical (unpaired) electrons. The molecule has 5 aromatic rings. The first-order valence-electron chi connectivity index (χ1n) is 9.58. The standard InChI is InChI=1S/C25H17F3O3/c1-29-21-12-19-20(13-22(21)30-2)31-24-18(11-15-5-3-4-6-17(15)23(19)24)14-7-9-16(10-8-14)25(26,27)28/h3-13H,1-2H3. The largest absolute Gasteiger partial charge is 0.493 e. The number of rotatable bonds is 3. The van der Waals surface area contributed by atoms with Gasteiger partial charge in [-0.25, -0.2) is 0 Å². The van der Waals surface area contributed by atoms with Crippen LogP contribution in [0.2, 0.25) is 0 Å². The van der Waals surface area contributed by atoms with Crippen molar-refractivity contribution in [3.05, 3.63) is 72.3 Å². The second-order valence-corrected chi connectivity index (χ2v) is 7.23. The molecule has 0 aliphatic heterocycles. The van der Waals surface area contributed by atoms with Crippen molar-refractivity contribution in [2.45, 2.75) is 6.18 Å². The Balaban J connectivity index is 1.86. The minimum Gasteiger partial charge on any atom is -0.493 e. The minimum absolute atomic E-state index is 0.537. The summed E-state index contributed by atoms with van der Waals surface area (Å²) < 4.78 is 56.2. The molecule has 0 aliphatic rings. The van der Waals surface area contributed by atoms with E-state index in [0.29, 0.717) is 28.2 Å². The highest BCUT2D eigenvalue weighted by atomic mass is 19.4. The average molecular weight is 422 g/mol. The van der Waals surface area contributed by atoms with Gasteiger partial charge in [-0.1, -0.05) is 36.4 Å². The molecule has 0 N–H and O–H groups in total. The summed E-state index contributed by atoms with van der Waals surface area (Å²) in [5.41, 5.74) is 1.88. The van der Waals surface area contributed by atoms with Gasteiger partial charge in [-0.2, -0.15) is 13.2 Å². The predicted octanol–water partition coefficient (Wildman–Crippen LogP) is 7.44. The molecule has 0 saturated heterocycles. The summed E-state index contributed by atoms with van der Waals surface area (Å²) in [6, 6.07) is 18.5. The lowest BCUT2D eigenvalue weighted by Gasteiger charge is -2.10. The van der Waals surface area contributed by atoms with E-state index in [2.05, 4.69) is 0 Å². The van der Waals surface area contributed by atoms with Gasteiger partial charge < -0.3 is 13.9 Å². The van der Waals surface area contributed by atoms with Crippen LogP contribution in [0, 0.1) is 0 Å². The van der Waals surface area contributed by atoms with Gasteiger partial charge >= 0.3 is 6.18 Å². The molecule has 0 unspecified atom stereocenters. The fourth-order valence-corrected chi connectivity index (χ4v) is 4.01. The summed E-state index contributed by atoms with van der Waals surface area (Å²) in [5.74, 6) is 1.11. The number of hydrogen-bond acceptors (Lipinski definition) is 3. The summed E-state index contributed by atoms with van der Waals surface area (Å²) in [5, 5.41) is 3.67. The van der Waals surface area contributed by atoms with Crippen molar-refractivity contribution in [1.82, 2.24) is 0 Å². The Hall–Kier alpha value is -3.67. The van der Waals surface area contributed by atoms with Gasteiger partial charge in [0.2, 0.25) is 0 Å². The molecule has 0 atom stereocenters. The van der Waals surface area contributed by atoms with Crippen molar-refractivity contribution in [3.8, 4) is 22.6 Å². The molecule has 4 aromatic carbocycles. The van der Waals surface area contributed by atoms with Gasteiger partial charge in [0, 0.05) is 22.4 Å². The number of furan rings is 1. The van der Waals surface area contributed by atoms with Gasteiger partial charge in [-0.3, -0.25) is 0 Å². The molecule has 3 nitrogen and oxygen atoms in total. The summed E-state index contributed by atoms with van der Waals surface area (Å²) >= 11 is 0. The van der Waals surface area contributed by atoms with Crippen molar-refractivity contribution in [1.29, 1.82) is 0 Å². The number of methoxy groups -OCH3 is 2. The van der Waals surface area contributed by atoms with E-state index in [1.165, 1.54) is 12.1 Å². The van der Waals surface area contributed by atoms with Gasteiger partial charge in [0.25, 0.3) is 0 Å². The second-order valence-electron chi connectivity index (χ2n) is 7.23. The molecule has 0 aliphatic carbocycles. The second kappa shape index (κ2) is 6.94.